The van der Waals surface area contributed by atoms with E-state index in [1.165, 1.54) is 4.90 Å². The smallest absolute Gasteiger partial charge is 0.266 e. The van der Waals surface area contributed by atoms with E-state index in [9.17, 15) is 9.59 Å². The van der Waals surface area contributed by atoms with Crippen LogP contribution in [0.2, 0.25) is 0 Å². The van der Waals surface area contributed by atoms with Crippen molar-refractivity contribution in [3.8, 4) is 0 Å². The van der Waals surface area contributed by atoms with Crippen molar-refractivity contribution >= 4 is 40.6 Å². The van der Waals surface area contributed by atoms with Gasteiger partial charge in [0.25, 0.3) is 11.8 Å². The second-order valence-corrected chi connectivity index (χ2v) is 7.04. The molecular formula is C24H17N3O2. The molecule has 4 aromatic rings. The van der Waals surface area contributed by atoms with Crippen LogP contribution in [-0.4, -0.2) is 22.0 Å². The van der Waals surface area contributed by atoms with E-state index in [1.54, 1.807) is 18.2 Å². The van der Waals surface area contributed by atoms with Gasteiger partial charge in [-0.15, -0.1) is 0 Å². The average Bonchev–Trinajstić information content (AvgIpc) is 3.26. The molecule has 5 rings (SSSR count). The summed E-state index contributed by atoms with van der Waals surface area (Å²) in [4.78, 5) is 27.2. The van der Waals surface area contributed by atoms with E-state index in [-0.39, 0.29) is 11.8 Å². The molecule has 1 N–H and O–H groups in total. The lowest BCUT2D eigenvalue weighted by atomic mass is 10.1. The highest BCUT2D eigenvalue weighted by molar-refractivity contribution is 6.35. The minimum Gasteiger partial charge on any atom is -0.277 e. The highest BCUT2D eigenvalue weighted by Gasteiger charge is 2.37. The molecular weight excluding hydrogens is 362 g/mol. The van der Waals surface area contributed by atoms with Crippen LogP contribution in [0.3, 0.4) is 0 Å². The van der Waals surface area contributed by atoms with Crippen LogP contribution in [0.25, 0.3) is 23.1 Å². The fraction of sp³-hybridized carbons (Fsp3) is 0.0417. The van der Waals surface area contributed by atoms with Gasteiger partial charge in [-0.05, 0) is 42.8 Å². The van der Waals surface area contributed by atoms with Gasteiger partial charge in [-0.25, -0.2) is 4.90 Å². The number of benzene rings is 3. The molecule has 5 nitrogen and oxygen atoms in total. The minimum atomic E-state index is -0.295. The Kier molecular flexibility index (Phi) is 3.88. The lowest BCUT2D eigenvalue weighted by Crippen LogP contribution is -2.29. The number of para-hydroxylation sites is 2. The number of aromatic nitrogens is 2. The number of carbonyl (C=O) groups excluding carboxylic acids is 2. The lowest BCUT2D eigenvalue weighted by molar-refractivity contribution is 0.0926. The molecule has 0 unspecified atom stereocenters. The number of hydrogen-bond donors (Lipinski definition) is 1. The molecule has 1 aliphatic heterocycles. The van der Waals surface area contributed by atoms with E-state index in [0.29, 0.717) is 16.8 Å². The molecule has 0 radical (unpaired) electrons. The predicted octanol–water partition coefficient (Wildman–Crippen LogP) is 4.84. The summed E-state index contributed by atoms with van der Waals surface area (Å²) >= 11 is 0. The number of hydrogen-bond acceptors (Lipinski definition) is 3. The van der Waals surface area contributed by atoms with Crippen molar-refractivity contribution in [1.29, 1.82) is 0 Å². The lowest BCUT2D eigenvalue weighted by Gasteiger charge is -2.16. The van der Waals surface area contributed by atoms with Crippen LogP contribution in [0.5, 0.6) is 0 Å². The second-order valence-electron chi connectivity index (χ2n) is 7.04. The van der Waals surface area contributed by atoms with Gasteiger partial charge in [-0.2, -0.15) is 5.10 Å². The molecule has 0 saturated carbocycles. The predicted molar refractivity (Wildman–Crippen MR) is 114 cm³/mol. The molecule has 2 heterocycles. The number of fused-ring (bicyclic) bond motifs is 2. The van der Waals surface area contributed by atoms with Crippen molar-refractivity contribution in [3.05, 3.63) is 94.7 Å². The van der Waals surface area contributed by atoms with Crippen LogP contribution in [0.15, 0.2) is 66.7 Å². The van der Waals surface area contributed by atoms with Crippen molar-refractivity contribution in [3.63, 3.8) is 0 Å². The Morgan fingerprint density at radius 1 is 0.862 bits per heavy atom. The Balaban J connectivity index is 1.55. The highest BCUT2D eigenvalue weighted by Crippen LogP contribution is 2.32. The first-order valence-corrected chi connectivity index (χ1v) is 9.33. The first kappa shape index (κ1) is 17.1. The standard InChI is InChI=1S/C24H17N3O2/c1-15-10-12-17-19(14-15)24(29)27(23(17)28)22-9-5-2-6-16(22)11-13-21-18-7-3-4-8-20(18)25-26-21/h2-14H,1H3,(H,25,26). The summed E-state index contributed by atoms with van der Waals surface area (Å²) in [6, 6.07) is 20.6. The SMILES string of the molecule is Cc1ccc2c(c1)C(=O)N(c1ccccc1C=Cc1n[nH]c3ccccc13)C2=O. The third-order valence-electron chi connectivity index (χ3n) is 5.14. The Morgan fingerprint density at radius 3 is 2.52 bits per heavy atom. The monoisotopic (exact) mass is 379 g/mol. The number of amides is 2. The van der Waals surface area contributed by atoms with Crippen LogP contribution in [0.4, 0.5) is 5.69 Å². The van der Waals surface area contributed by atoms with Crippen LogP contribution in [0, 0.1) is 6.92 Å². The molecule has 5 heteroatoms. The molecule has 1 aliphatic rings. The molecule has 2 amide bonds. The average molecular weight is 379 g/mol. The second kappa shape index (κ2) is 6.56. The summed E-state index contributed by atoms with van der Waals surface area (Å²) in [6.45, 7) is 1.91. The molecule has 1 aromatic heterocycles. The summed E-state index contributed by atoms with van der Waals surface area (Å²) < 4.78 is 0. The van der Waals surface area contributed by atoms with E-state index in [1.807, 2.05) is 67.6 Å². The van der Waals surface area contributed by atoms with Crippen molar-refractivity contribution in [2.45, 2.75) is 6.92 Å². The van der Waals surface area contributed by atoms with Gasteiger partial charge in [-0.1, -0.05) is 54.1 Å². The van der Waals surface area contributed by atoms with Crippen molar-refractivity contribution in [1.82, 2.24) is 10.2 Å². The zero-order valence-electron chi connectivity index (χ0n) is 15.7. The fourth-order valence-corrected chi connectivity index (χ4v) is 3.69. The van der Waals surface area contributed by atoms with E-state index in [2.05, 4.69) is 10.2 Å². The number of nitrogens with one attached hydrogen (secondary N) is 1. The number of aromatic amines is 1. The first-order valence-electron chi connectivity index (χ1n) is 9.33. The van der Waals surface area contributed by atoms with Crippen molar-refractivity contribution < 1.29 is 9.59 Å². The van der Waals surface area contributed by atoms with E-state index < -0.39 is 0 Å². The zero-order chi connectivity index (χ0) is 20.0. The van der Waals surface area contributed by atoms with Gasteiger partial charge in [0, 0.05) is 5.39 Å². The van der Waals surface area contributed by atoms with Crippen LogP contribution in [0.1, 0.15) is 37.5 Å². The summed E-state index contributed by atoms with van der Waals surface area (Å²) in [5.74, 6) is -0.587. The molecule has 3 aromatic carbocycles. The number of imide groups is 1. The summed E-state index contributed by atoms with van der Waals surface area (Å²) in [7, 11) is 0. The summed E-state index contributed by atoms with van der Waals surface area (Å²) in [5, 5.41) is 8.37. The van der Waals surface area contributed by atoms with Gasteiger partial charge in [0.2, 0.25) is 0 Å². The Bertz CT molecular complexity index is 1320. The zero-order valence-corrected chi connectivity index (χ0v) is 15.7. The number of carbonyl (C=O) groups is 2. The maximum absolute atomic E-state index is 13.0. The molecule has 0 spiro atoms. The molecule has 0 bridgehead atoms. The Hall–Kier alpha value is -3.99. The van der Waals surface area contributed by atoms with Crippen LogP contribution < -0.4 is 4.90 Å². The Labute approximate surface area is 167 Å². The largest absolute Gasteiger partial charge is 0.277 e. The maximum Gasteiger partial charge on any atom is 0.266 e. The van der Waals surface area contributed by atoms with Gasteiger partial charge >= 0.3 is 0 Å². The Morgan fingerprint density at radius 2 is 1.62 bits per heavy atom. The van der Waals surface area contributed by atoms with E-state index >= 15 is 0 Å². The number of H-pyrrole nitrogens is 1. The van der Waals surface area contributed by atoms with Crippen LogP contribution in [-0.2, 0) is 0 Å². The maximum atomic E-state index is 13.0. The molecule has 0 atom stereocenters. The van der Waals surface area contributed by atoms with Crippen molar-refractivity contribution in [2.24, 2.45) is 0 Å². The first-order chi connectivity index (χ1) is 14.1. The molecule has 0 aliphatic carbocycles. The number of aryl methyl sites for hydroxylation is 1. The van der Waals surface area contributed by atoms with E-state index in [4.69, 9.17) is 0 Å². The highest BCUT2D eigenvalue weighted by atomic mass is 16.2. The number of nitrogens with zero attached hydrogens (tertiary/aromatic N) is 2. The van der Waals surface area contributed by atoms with Gasteiger partial charge in [0.15, 0.2) is 0 Å². The topological polar surface area (TPSA) is 66.1 Å². The number of rotatable bonds is 3. The molecule has 140 valence electrons. The van der Waals surface area contributed by atoms with Gasteiger partial charge in [-0.3, -0.25) is 14.7 Å². The third-order valence-corrected chi connectivity index (χ3v) is 5.14. The molecule has 0 saturated heterocycles. The van der Waals surface area contributed by atoms with Crippen molar-refractivity contribution in [2.75, 3.05) is 4.90 Å². The minimum absolute atomic E-state index is 0.292. The normalized spacial score (nSPS) is 13.6. The molecule has 0 fully saturated rings. The van der Waals surface area contributed by atoms with Crippen LogP contribution >= 0.6 is 0 Å². The number of anilines is 1. The van der Waals surface area contributed by atoms with Gasteiger partial charge in [0.05, 0.1) is 28.0 Å². The third kappa shape index (κ3) is 2.75. The van der Waals surface area contributed by atoms with Gasteiger partial charge < -0.3 is 0 Å². The van der Waals surface area contributed by atoms with Gasteiger partial charge in [0.1, 0.15) is 0 Å². The molecule has 29 heavy (non-hydrogen) atoms. The fourth-order valence-electron chi connectivity index (χ4n) is 3.69. The summed E-state index contributed by atoms with van der Waals surface area (Å²) in [6.07, 6.45) is 3.77. The van der Waals surface area contributed by atoms with E-state index in [0.717, 1.165) is 27.7 Å². The quantitative estimate of drug-likeness (QED) is 0.518. The summed E-state index contributed by atoms with van der Waals surface area (Å²) in [5.41, 5.74) is 4.93.